The maximum absolute atomic E-state index is 12.2. The second-order valence-corrected chi connectivity index (χ2v) is 7.59. The van der Waals surface area contributed by atoms with Crippen molar-refractivity contribution in [3.05, 3.63) is 35.4 Å². The fourth-order valence-corrected chi connectivity index (χ4v) is 2.65. The number of nitrogens with one attached hydrogen (secondary N) is 2. The quantitative estimate of drug-likeness (QED) is 0.728. The molecule has 0 spiro atoms. The Morgan fingerprint density at radius 3 is 1.86 bits per heavy atom. The van der Waals surface area contributed by atoms with Crippen molar-refractivity contribution in [1.82, 2.24) is 20.4 Å². The highest BCUT2D eigenvalue weighted by molar-refractivity contribution is 5.74. The van der Waals surface area contributed by atoms with Crippen LogP contribution in [0.5, 0.6) is 0 Å². The van der Waals surface area contributed by atoms with E-state index in [4.69, 9.17) is 9.84 Å². The summed E-state index contributed by atoms with van der Waals surface area (Å²) in [5.74, 6) is 0. The summed E-state index contributed by atoms with van der Waals surface area (Å²) in [5, 5.41) is 14.5. The predicted octanol–water partition coefficient (Wildman–Crippen LogP) is 2.22. The number of piperazine rings is 1. The lowest BCUT2D eigenvalue weighted by Crippen LogP contribution is -2.52. The third-order valence-corrected chi connectivity index (χ3v) is 4.14. The molecule has 9 nitrogen and oxygen atoms in total. The zero-order valence-corrected chi connectivity index (χ0v) is 16.5. The third-order valence-electron chi connectivity index (χ3n) is 4.14. The van der Waals surface area contributed by atoms with Crippen LogP contribution in [0.25, 0.3) is 0 Å². The molecule has 154 valence electrons. The Morgan fingerprint density at radius 2 is 1.39 bits per heavy atom. The van der Waals surface area contributed by atoms with Crippen LogP contribution in [-0.2, 0) is 17.8 Å². The summed E-state index contributed by atoms with van der Waals surface area (Å²) >= 11 is 0. The average Bonchev–Trinajstić information content (AvgIpc) is 2.64. The first kappa shape index (κ1) is 21.3. The normalized spacial score (nSPS) is 14.4. The van der Waals surface area contributed by atoms with Crippen molar-refractivity contribution in [2.45, 2.75) is 39.5 Å². The van der Waals surface area contributed by atoms with E-state index in [-0.39, 0.29) is 6.03 Å². The minimum atomic E-state index is -0.957. The van der Waals surface area contributed by atoms with Gasteiger partial charge in [0.2, 0.25) is 0 Å². The summed E-state index contributed by atoms with van der Waals surface area (Å²) in [6.07, 6.45) is -1.42. The van der Waals surface area contributed by atoms with E-state index in [0.717, 1.165) is 11.1 Å². The second kappa shape index (κ2) is 9.29. The Hall–Kier alpha value is -2.97. The molecule has 1 heterocycles. The van der Waals surface area contributed by atoms with Crippen LogP contribution in [-0.4, -0.2) is 64.9 Å². The monoisotopic (exact) mass is 392 g/mol. The number of hydrogen-bond donors (Lipinski definition) is 3. The summed E-state index contributed by atoms with van der Waals surface area (Å²) < 4.78 is 5.19. The van der Waals surface area contributed by atoms with E-state index in [1.807, 2.05) is 45.0 Å². The van der Waals surface area contributed by atoms with Gasteiger partial charge in [0.1, 0.15) is 5.60 Å². The summed E-state index contributed by atoms with van der Waals surface area (Å²) in [6, 6.07) is 7.32. The molecule has 1 aliphatic heterocycles. The van der Waals surface area contributed by atoms with Crippen molar-refractivity contribution in [2.75, 3.05) is 26.2 Å². The van der Waals surface area contributed by atoms with E-state index < -0.39 is 17.8 Å². The second-order valence-electron chi connectivity index (χ2n) is 7.59. The molecule has 1 fully saturated rings. The Bertz CT molecular complexity index is 691. The van der Waals surface area contributed by atoms with Crippen molar-refractivity contribution in [2.24, 2.45) is 0 Å². The van der Waals surface area contributed by atoms with Crippen LogP contribution in [0, 0.1) is 0 Å². The topological polar surface area (TPSA) is 111 Å². The molecule has 2 rings (SSSR count). The first-order chi connectivity index (χ1) is 13.1. The molecule has 0 radical (unpaired) electrons. The van der Waals surface area contributed by atoms with Gasteiger partial charge in [-0.15, -0.1) is 0 Å². The molecule has 1 saturated heterocycles. The van der Waals surface area contributed by atoms with Crippen molar-refractivity contribution in [1.29, 1.82) is 0 Å². The van der Waals surface area contributed by atoms with Gasteiger partial charge in [-0.1, -0.05) is 24.3 Å². The molecule has 0 bridgehead atoms. The smallest absolute Gasteiger partial charge is 0.407 e. The van der Waals surface area contributed by atoms with Crippen molar-refractivity contribution in [3.8, 4) is 0 Å². The van der Waals surface area contributed by atoms with Crippen LogP contribution in [0.1, 0.15) is 31.9 Å². The number of urea groups is 1. The number of hydrogen-bond acceptors (Lipinski definition) is 4. The predicted molar refractivity (Wildman–Crippen MR) is 103 cm³/mol. The standard InChI is InChI=1S/C19H28N4O5/c1-19(2,3)28-17(25)21-13-15-6-4-14(5-7-15)12-20-16(24)22-8-10-23(11-9-22)18(26)27/h4-7H,8-13H2,1-3H3,(H,20,24)(H,21,25)(H,26,27). The molecule has 3 N–H and O–H groups in total. The van der Waals surface area contributed by atoms with Crippen molar-refractivity contribution in [3.63, 3.8) is 0 Å². The van der Waals surface area contributed by atoms with E-state index in [1.165, 1.54) is 4.90 Å². The summed E-state index contributed by atoms with van der Waals surface area (Å²) in [6.45, 7) is 7.56. The molecule has 0 unspecified atom stereocenters. The van der Waals surface area contributed by atoms with Gasteiger partial charge in [0.15, 0.2) is 0 Å². The van der Waals surface area contributed by atoms with Gasteiger partial charge >= 0.3 is 18.2 Å². The van der Waals surface area contributed by atoms with Crippen LogP contribution in [0.4, 0.5) is 14.4 Å². The molecular formula is C19H28N4O5. The number of alkyl carbamates (subject to hydrolysis) is 1. The lowest BCUT2D eigenvalue weighted by atomic mass is 10.1. The maximum atomic E-state index is 12.2. The van der Waals surface area contributed by atoms with E-state index >= 15 is 0 Å². The molecule has 1 aromatic carbocycles. The van der Waals surface area contributed by atoms with E-state index in [0.29, 0.717) is 39.3 Å². The Labute approximate surface area is 164 Å². The van der Waals surface area contributed by atoms with Crippen LogP contribution in [0.2, 0.25) is 0 Å². The first-order valence-electron chi connectivity index (χ1n) is 9.19. The van der Waals surface area contributed by atoms with Crippen LogP contribution in [0.3, 0.4) is 0 Å². The van der Waals surface area contributed by atoms with Gasteiger partial charge in [-0.05, 0) is 31.9 Å². The molecular weight excluding hydrogens is 364 g/mol. The Balaban J connectivity index is 1.73. The summed E-state index contributed by atoms with van der Waals surface area (Å²) in [5.41, 5.74) is 1.32. The van der Waals surface area contributed by atoms with Crippen molar-refractivity contribution < 1.29 is 24.2 Å². The lowest BCUT2D eigenvalue weighted by molar-refractivity contribution is 0.0523. The molecule has 28 heavy (non-hydrogen) atoms. The maximum Gasteiger partial charge on any atom is 0.407 e. The van der Waals surface area contributed by atoms with Gasteiger partial charge in [-0.25, -0.2) is 14.4 Å². The number of carboxylic acid groups (broad SMARTS) is 1. The van der Waals surface area contributed by atoms with Gasteiger partial charge in [-0.3, -0.25) is 0 Å². The highest BCUT2D eigenvalue weighted by atomic mass is 16.6. The molecule has 4 amide bonds. The number of carbonyl (C=O) groups excluding carboxylic acids is 2. The molecule has 1 aromatic rings. The number of ether oxygens (including phenoxy) is 1. The number of nitrogens with zero attached hydrogens (tertiary/aromatic N) is 2. The molecule has 0 aromatic heterocycles. The summed E-state index contributed by atoms with van der Waals surface area (Å²) in [4.78, 5) is 37.7. The minimum absolute atomic E-state index is 0.208. The molecule has 1 aliphatic rings. The fourth-order valence-electron chi connectivity index (χ4n) is 2.65. The largest absolute Gasteiger partial charge is 0.465 e. The van der Waals surface area contributed by atoms with E-state index in [2.05, 4.69) is 10.6 Å². The van der Waals surface area contributed by atoms with Gasteiger partial charge < -0.3 is 30.3 Å². The number of rotatable bonds is 4. The van der Waals surface area contributed by atoms with Gasteiger partial charge in [0, 0.05) is 39.3 Å². The Morgan fingerprint density at radius 1 is 0.929 bits per heavy atom. The molecule has 9 heteroatoms. The number of carbonyl (C=O) groups is 3. The zero-order valence-electron chi connectivity index (χ0n) is 16.5. The molecule has 0 aliphatic carbocycles. The van der Waals surface area contributed by atoms with E-state index in [9.17, 15) is 14.4 Å². The molecule has 0 saturated carbocycles. The van der Waals surface area contributed by atoms with Crippen molar-refractivity contribution >= 4 is 18.2 Å². The zero-order chi connectivity index (χ0) is 20.7. The van der Waals surface area contributed by atoms with Gasteiger partial charge in [0.05, 0.1) is 0 Å². The lowest BCUT2D eigenvalue weighted by Gasteiger charge is -2.33. The highest BCUT2D eigenvalue weighted by Crippen LogP contribution is 2.08. The minimum Gasteiger partial charge on any atom is -0.465 e. The fraction of sp³-hybridized carbons (Fsp3) is 0.526. The highest BCUT2D eigenvalue weighted by Gasteiger charge is 2.23. The molecule has 0 atom stereocenters. The third kappa shape index (κ3) is 6.98. The van der Waals surface area contributed by atoms with Crippen LogP contribution < -0.4 is 10.6 Å². The number of amides is 4. The van der Waals surface area contributed by atoms with E-state index in [1.54, 1.807) is 4.90 Å². The first-order valence-corrected chi connectivity index (χ1v) is 9.19. The SMILES string of the molecule is CC(C)(C)OC(=O)NCc1ccc(CNC(=O)N2CCN(C(=O)O)CC2)cc1. The van der Waals surface area contributed by atoms with Gasteiger partial charge in [0.25, 0.3) is 0 Å². The average molecular weight is 392 g/mol. The Kier molecular flexibility index (Phi) is 7.08. The van der Waals surface area contributed by atoms with Crippen LogP contribution >= 0.6 is 0 Å². The van der Waals surface area contributed by atoms with Crippen LogP contribution in [0.15, 0.2) is 24.3 Å². The number of benzene rings is 1. The summed E-state index contributed by atoms with van der Waals surface area (Å²) in [7, 11) is 0. The van der Waals surface area contributed by atoms with Gasteiger partial charge in [-0.2, -0.15) is 0 Å².